The van der Waals surface area contributed by atoms with Crippen molar-refractivity contribution < 1.29 is 41.3 Å². The van der Waals surface area contributed by atoms with E-state index >= 15 is 0 Å². The Kier molecular flexibility index (Phi) is 9.87. The molecule has 1 saturated heterocycles. The number of benzene rings is 1. The van der Waals surface area contributed by atoms with Crippen LogP contribution in [0.4, 0.5) is 4.79 Å². The zero-order valence-electron chi connectivity index (χ0n) is 32.2. The molecule has 7 atom stereocenters. The van der Waals surface area contributed by atoms with Gasteiger partial charge in [-0.15, -0.1) is 0 Å². The Morgan fingerprint density at radius 2 is 1.85 bits per heavy atom. The largest absolute Gasteiger partial charge is 0.472 e. The van der Waals surface area contributed by atoms with Gasteiger partial charge in [-0.25, -0.2) is 18.2 Å². The van der Waals surface area contributed by atoms with E-state index in [1.165, 1.54) is 4.90 Å². The molecule has 2 saturated carbocycles. The van der Waals surface area contributed by atoms with Crippen LogP contribution in [0.5, 0.6) is 5.88 Å². The summed E-state index contributed by atoms with van der Waals surface area (Å²) in [6.45, 7) is 10.7. The van der Waals surface area contributed by atoms with Crippen LogP contribution in [0.2, 0.25) is 0 Å². The van der Waals surface area contributed by atoms with Crippen molar-refractivity contribution in [3.05, 3.63) is 48.8 Å². The summed E-state index contributed by atoms with van der Waals surface area (Å²) in [5, 5.41) is 6.43. The molecule has 1 unspecified atom stereocenters. The number of carbonyl (C=O) groups is 4. The first-order valence-electron chi connectivity index (χ1n) is 19.1. The maximum absolute atomic E-state index is 14.8. The number of amides is 4. The minimum absolute atomic E-state index is 0. The average Bonchev–Trinajstić information content (AvgIpc) is 3.89. The molecule has 0 spiro atoms. The van der Waals surface area contributed by atoms with E-state index in [4.69, 9.17) is 9.47 Å². The van der Waals surface area contributed by atoms with E-state index in [1.54, 1.807) is 40.1 Å². The molecule has 3 aromatic rings. The topological polar surface area (TPSA) is 190 Å². The molecule has 4 amide bonds. The third-order valence-corrected chi connectivity index (χ3v) is 13.6. The van der Waals surface area contributed by atoms with Gasteiger partial charge in [0.15, 0.2) is 0 Å². The molecule has 16 heteroatoms. The molecule has 15 nitrogen and oxygen atoms in total. The van der Waals surface area contributed by atoms with Crippen LogP contribution in [0.15, 0.2) is 48.8 Å². The van der Waals surface area contributed by atoms with Gasteiger partial charge in [0, 0.05) is 29.0 Å². The van der Waals surface area contributed by atoms with Gasteiger partial charge in [-0.05, 0) is 90.2 Å². The van der Waals surface area contributed by atoms with Crippen LogP contribution in [0, 0.1) is 17.8 Å². The minimum atomic E-state index is -4.00. The molecule has 4 aliphatic rings. The molecule has 55 heavy (non-hydrogen) atoms. The normalized spacial score (nSPS) is 30.3. The monoisotopic (exact) mass is 783 g/mol. The van der Waals surface area contributed by atoms with Crippen LogP contribution in [0.3, 0.4) is 0 Å². The summed E-state index contributed by atoms with van der Waals surface area (Å²) in [6.07, 6.45) is 8.93. The number of rotatable bonds is 6. The van der Waals surface area contributed by atoms with Crippen LogP contribution in [-0.4, -0.2) is 92.1 Å². The number of hydrogen-bond acceptors (Lipinski definition) is 10. The van der Waals surface area contributed by atoms with Crippen molar-refractivity contribution in [3.63, 3.8) is 0 Å². The van der Waals surface area contributed by atoms with Gasteiger partial charge in [0.25, 0.3) is 5.91 Å². The first-order valence-corrected chi connectivity index (χ1v) is 20.6. The molecule has 2 aliphatic carbocycles. The zero-order chi connectivity index (χ0) is 39.5. The predicted octanol–water partition coefficient (Wildman–Crippen LogP) is 4.75. The third kappa shape index (κ3) is 7.74. The highest BCUT2D eigenvalue weighted by atomic mass is 32.2. The fourth-order valence-corrected chi connectivity index (χ4v) is 9.17. The number of nitrogens with zero attached hydrogens (tertiary/aromatic N) is 4. The maximum atomic E-state index is 14.8. The van der Waals surface area contributed by atoms with Crippen molar-refractivity contribution in [1.82, 2.24) is 34.6 Å². The van der Waals surface area contributed by atoms with Crippen molar-refractivity contribution in [3.8, 4) is 5.88 Å². The van der Waals surface area contributed by atoms with Gasteiger partial charge >= 0.3 is 6.09 Å². The molecule has 4 heterocycles. The van der Waals surface area contributed by atoms with Gasteiger partial charge in [0.1, 0.15) is 29.3 Å². The highest BCUT2D eigenvalue weighted by Crippen LogP contribution is 2.47. The second kappa shape index (κ2) is 14.1. The second-order valence-electron chi connectivity index (χ2n) is 17.1. The lowest BCUT2D eigenvalue weighted by molar-refractivity contribution is -0.142. The summed E-state index contributed by atoms with van der Waals surface area (Å²) in [5.74, 6) is -1.88. The van der Waals surface area contributed by atoms with Gasteiger partial charge in [-0.3, -0.25) is 23.5 Å². The van der Waals surface area contributed by atoms with Gasteiger partial charge in [-0.1, -0.05) is 38.1 Å². The molecule has 3 fully saturated rings. The molecule has 3 N–H and O–H groups in total. The molecule has 0 bridgehead atoms. The molecule has 7 rings (SSSR count). The summed E-state index contributed by atoms with van der Waals surface area (Å²) in [5.41, 5.74) is -1.55. The number of nitrogens with one attached hydrogen (secondary N) is 3. The highest BCUT2D eigenvalue weighted by Gasteiger charge is 2.63. The SMILES string of the molecule is C[C@H]1CC/C=C\[C@@H]2C[C@@]2(C(=O)NS(=O)(=O)C2(C)CC2)NC(=O)[C@@H]2C[C@@H](Oc3nc4nccn4c4ccccc34)CN2C(=O)C(NC(=O)OC(C)(C)C)[C@H](C)C1.[HH].[HH].[HH]. The number of imidazole rings is 1. The molecule has 2 aliphatic heterocycles. The maximum Gasteiger partial charge on any atom is 0.408 e. The summed E-state index contributed by atoms with van der Waals surface area (Å²) in [4.78, 5) is 66.9. The number of fused-ring (bicyclic) bond motifs is 5. The Labute approximate surface area is 325 Å². The smallest absolute Gasteiger partial charge is 0.408 e. The lowest BCUT2D eigenvalue weighted by Gasteiger charge is -2.33. The molecule has 1 aromatic carbocycles. The standard InChI is InChI=1S/C39H51N7O8S.3H2/c1-23-11-7-8-12-25-21-39(25,34(49)44-55(51,52)38(6)15-16-38)43-31(47)29-20-26(53-32-27-13-9-10-14-28(27)45-18-17-40-35(45)42-32)22-46(29)33(48)30(24(2)19-23)41-36(50)54-37(3,4)5;;;/h8-10,12-14,17-18,23-26,29-30H,7,11,15-16,19-22H2,1-6H3,(H,41,50)(H,43,47)(H,44,49);3*1H/b12-8-;;;/t23-,24+,25+,26+,29-,30?,39+;;;/m0.../s1. The fourth-order valence-electron chi connectivity index (χ4n) is 7.86. The molecule has 0 radical (unpaired) electrons. The Morgan fingerprint density at radius 1 is 1.11 bits per heavy atom. The van der Waals surface area contributed by atoms with Crippen LogP contribution >= 0.6 is 0 Å². The van der Waals surface area contributed by atoms with E-state index in [1.807, 2.05) is 47.7 Å². The van der Waals surface area contributed by atoms with Crippen molar-refractivity contribution in [2.24, 2.45) is 17.8 Å². The van der Waals surface area contributed by atoms with E-state index in [2.05, 4.69) is 32.2 Å². The lowest BCUT2D eigenvalue weighted by atomic mass is 9.88. The minimum Gasteiger partial charge on any atom is -0.472 e. The van der Waals surface area contributed by atoms with E-state index in [-0.39, 0.29) is 41.4 Å². The Morgan fingerprint density at radius 3 is 2.58 bits per heavy atom. The van der Waals surface area contributed by atoms with Gasteiger partial charge < -0.3 is 25.0 Å². The first-order chi connectivity index (χ1) is 25.9. The summed E-state index contributed by atoms with van der Waals surface area (Å²) in [7, 11) is -4.00. The van der Waals surface area contributed by atoms with Crippen molar-refractivity contribution in [1.29, 1.82) is 0 Å². The zero-order valence-corrected chi connectivity index (χ0v) is 33.0. The Bertz CT molecular complexity index is 2180. The van der Waals surface area contributed by atoms with E-state index in [9.17, 15) is 27.6 Å². The Balaban J connectivity index is 0.00000248. The van der Waals surface area contributed by atoms with Crippen LogP contribution in [0.1, 0.15) is 90.8 Å². The van der Waals surface area contributed by atoms with Gasteiger partial charge in [-0.2, -0.15) is 4.98 Å². The molecular formula is C39H57N7O8S. The van der Waals surface area contributed by atoms with Crippen molar-refractivity contribution >= 4 is 50.5 Å². The quantitative estimate of drug-likeness (QED) is 0.294. The van der Waals surface area contributed by atoms with Gasteiger partial charge in [0.05, 0.1) is 22.2 Å². The summed E-state index contributed by atoms with van der Waals surface area (Å²) in [6, 6.07) is 5.35. The molecule has 302 valence electrons. The lowest BCUT2D eigenvalue weighted by Crippen LogP contribution is -2.59. The summed E-state index contributed by atoms with van der Waals surface area (Å²) < 4.78 is 41.6. The van der Waals surface area contributed by atoms with Crippen molar-refractivity contribution in [2.45, 2.75) is 121 Å². The predicted molar refractivity (Wildman–Crippen MR) is 210 cm³/mol. The first kappa shape index (κ1) is 38.5. The van der Waals surface area contributed by atoms with Crippen LogP contribution in [-0.2, 0) is 29.1 Å². The highest BCUT2D eigenvalue weighted by molar-refractivity contribution is 7.91. The van der Waals surface area contributed by atoms with Crippen molar-refractivity contribution in [2.75, 3.05) is 6.54 Å². The number of alkyl carbamates (subject to hydrolysis) is 1. The van der Waals surface area contributed by atoms with E-state index in [0.717, 1.165) is 11.9 Å². The third-order valence-electron chi connectivity index (χ3n) is 11.4. The van der Waals surface area contributed by atoms with E-state index in [0.29, 0.717) is 36.8 Å². The summed E-state index contributed by atoms with van der Waals surface area (Å²) >= 11 is 0. The number of sulfonamides is 1. The second-order valence-corrected chi connectivity index (χ2v) is 19.3. The average molecular weight is 784 g/mol. The number of ether oxygens (including phenoxy) is 2. The van der Waals surface area contributed by atoms with E-state index < -0.39 is 73.8 Å². The number of hydrogen-bond donors (Lipinski definition) is 3. The van der Waals surface area contributed by atoms with Crippen LogP contribution < -0.4 is 20.1 Å². The number of aromatic nitrogens is 3. The number of carbonyl (C=O) groups excluding carboxylic acids is 4. The molecule has 2 aromatic heterocycles. The fraction of sp³-hybridized carbons (Fsp3) is 0.590. The Hall–Kier alpha value is -4.73. The van der Waals surface area contributed by atoms with Crippen LogP contribution in [0.25, 0.3) is 16.7 Å². The number of allylic oxidation sites excluding steroid dienone is 1. The van der Waals surface area contributed by atoms with Gasteiger partial charge in [0.2, 0.25) is 33.5 Å². The molecular weight excluding hydrogens is 727 g/mol. The number of para-hydroxylation sites is 1.